The van der Waals surface area contributed by atoms with E-state index in [0.717, 1.165) is 34.1 Å². The number of aryl methyl sites for hydroxylation is 4. The van der Waals surface area contributed by atoms with Gasteiger partial charge in [-0.05, 0) is 207 Å². The molecule has 0 atom stereocenters. The monoisotopic (exact) mass is 1150 g/mol. The fourth-order valence-corrected chi connectivity index (χ4v) is 14.6. The standard InChI is InChI=1S/C84H82N4/c1-51-31-33-53(3)73(47-51)85(69-27-21-29-71-79(69)61-23-17-19-25-67(61)87(71)83(11,12)13)75-49-65(55-35-39-57(40-36-55)81(5,6)7)59-44-46-64-76(50-66(60-43-45-63(75)77(59)78(60)64)56-37-41-58(42-38-56)82(8,9)10)86(74-48-52(2)32-34-54(74)4)70-28-22-30-72-80(70)62-24-18-20-26-68(62)88(72)84(14,15)16/h17-50H,1-16H3. The first-order chi connectivity index (χ1) is 41.9. The predicted molar refractivity (Wildman–Crippen MR) is 383 cm³/mol. The first-order valence-electron chi connectivity index (χ1n) is 31.7. The SMILES string of the molecule is Cc1ccc(C)c(N(c2cc(-c3ccc(C(C)(C)C)cc3)c3ccc4c(N(c5cc(C)ccc5C)c5cccc6c5c5ccccc5n6C(C)(C)C)cc(-c5ccc(C(C)(C)C)cc5)c5ccc2c3c54)c2cccc3c2c2ccccc2n3C(C)(C)C)c1. The highest BCUT2D eigenvalue weighted by atomic mass is 15.2. The number of benzene rings is 12. The van der Waals surface area contributed by atoms with Crippen molar-refractivity contribution in [1.29, 1.82) is 0 Å². The molecule has 0 amide bonds. The molecule has 0 fully saturated rings. The van der Waals surface area contributed by atoms with E-state index in [2.05, 4.69) is 336 Å². The van der Waals surface area contributed by atoms with Gasteiger partial charge in [0.05, 0.1) is 33.8 Å². The molecule has 88 heavy (non-hydrogen) atoms. The molecule has 0 aliphatic carbocycles. The van der Waals surface area contributed by atoms with Crippen LogP contribution in [0.3, 0.4) is 0 Å². The average Bonchev–Trinajstić information content (AvgIpc) is 0.764. The van der Waals surface area contributed by atoms with Crippen LogP contribution in [-0.2, 0) is 21.9 Å². The fraction of sp³-hybridized carbons (Fsp3) is 0.238. The Morgan fingerprint density at radius 2 is 0.625 bits per heavy atom. The van der Waals surface area contributed by atoms with Gasteiger partial charge in [-0.2, -0.15) is 0 Å². The van der Waals surface area contributed by atoms with Crippen LogP contribution in [0, 0.1) is 27.7 Å². The minimum Gasteiger partial charge on any atom is -0.335 e. The normalized spacial score (nSPS) is 12.8. The summed E-state index contributed by atoms with van der Waals surface area (Å²) < 4.78 is 5.10. The molecule has 14 rings (SSSR count). The van der Waals surface area contributed by atoms with Crippen molar-refractivity contribution in [1.82, 2.24) is 9.13 Å². The van der Waals surface area contributed by atoms with Crippen molar-refractivity contribution < 1.29 is 0 Å². The molecule has 0 saturated carbocycles. The molecule has 0 saturated heterocycles. The quantitative estimate of drug-likeness (QED) is 0.141. The molecule has 14 aromatic rings. The van der Waals surface area contributed by atoms with E-state index in [1.165, 1.54) is 132 Å². The summed E-state index contributed by atoms with van der Waals surface area (Å²) in [5, 5.41) is 12.3. The topological polar surface area (TPSA) is 16.3 Å². The van der Waals surface area contributed by atoms with Crippen LogP contribution in [0.1, 0.15) is 116 Å². The lowest BCUT2D eigenvalue weighted by Gasteiger charge is -2.33. The van der Waals surface area contributed by atoms with Crippen molar-refractivity contribution >= 4 is 110 Å². The minimum atomic E-state index is -0.189. The molecular weight excluding hydrogens is 1060 g/mol. The molecule has 0 bridgehead atoms. The van der Waals surface area contributed by atoms with Crippen LogP contribution in [0.15, 0.2) is 206 Å². The van der Waals surface area contributed by atoms with Gasteiger partial charge in [0.1, 0.15) is 0 Å². The Balaban J connectivity index is 1.19. The average molecular weight is 1150 g/mol. The van der Waals surface area contributed by atoms with Gasteiger partial charge in [-0.3, -0.25) is 0 Å². The number of hydrogen-bond acceptors (Lipinski definition) is 2. The summed E-state index contributed by atoms with van der Waals surface area (Å²) in [6, 6.07) is 79.8. The van der Waals surface area contributed by atoms with Gasteiger partial charge >= 0.3 is 0 Å². The van der Waals surface area contributed by atoms with Gasteiger partial charge in [0.15, 0.2) is 0 Å². The van der Waals surface area contributed by atoms with Crippen LogP contribution in [0.5, 0.6) is 0 Å². The van der Waals surface area contributed by atoms with Gasteiger partial charge in [0.2, 0.25) is 0 Å². The van der Waals surface area contributed by atoms with E-state index in [0.29, 0.717) is 0 Å². The molecule has 4 heteroatoms. The Morgan fingerprint density at radius 3 is 0.989 bits per heavy atom. The van der Waals surface area contributed by atoms with E-state index in [-0.39, 0.29) is 21.9 Å². The molecule has 0 spiro atoms. The number of para-hydroxylation sites is 2. The van der Waals surface area contributed by atoms with Crippen molar-refractivity contribution in [3.05, 3.63) is 240 Å². The second-order valence-electron chi connectivity index (χ2n) is 29.3. The summed E-state index contributed by atoms with van der Waals surface area (Å²) in [6.07, 6.45) is 0. The largest absolute Gasteiger partial charge is 0.335 e. The third-order valence-corrected chi connectivity index (χ3v) is 18.8. The Hall–Kier alpha value is -9.12. The zero-order valence-electron chi connectivity index (χ0n) is 54.4. The van der Waals surface area contributed by atoms with E-state index in [9.17, 15) is 0 Å². The Morgan fingerprint density at radius 1 is 0.273 bits per heavy atom. The number of fused-ring (bicyclic) bond motifs is 6. The number of nitrogens with zero attached hydrogens (tertiary/aromatic N) is 4. The second kappa shape index (κ2) is 20.2. The number of anilines is 6. The molecule has 2 heterocycles. The van der Waals surface area contributed by atoms with Gasteiger partial charge in [0.25, 0.3) is 0 Å². The highest BCUT2D eigenvalue weighted by Crippen LogP contribution is 2.55. The lowest BCUT2D eigenvalue weighted by atomic mass is 9.83. The first kappa shape index (κ1) is 56.7. The Kier molecular flexibility index (Phi) is 13.0. The van der Waals surface area contributed by atoms with Gasteiger partial charge in [0, 0.05) is 76.6 Å². The van der Waals surface area contributed by atoms with E-state index < -0.39 is 0 Å². The second-order valence-corrected chi connectivity index (χ2v) is 29.3. The smallest absolute Gasteiger partial charge is 0.0562 e. The molecule has 12 aromatic carbocycles. The van der Waals surface area contributed by atoms with E-state index >= 15 is 0 Å². The molecule has 0 unspecified atom stereocenters. The van der Waals surface area contributed by atoms with Crippen molar-refractivity contribution in [2.45, 2.75) is 133 Å². The zero-order valence-corrected chi connectivity index (χ0v) is 54.4. The third kappa shape index (κ3) is 9.07. The number of hydrogen-bond donors (Lipinski definition) is 0. The van der Waals surface area contributed by atoms with Gasteiger partial charge in [-0.15, -0.1) is 0 Å². The van der Waals surface area contributed by atoms with Crippen LogP contribution in [0.25, 0.3) is 98.2 Å². The van der Waals surface area contributed by atoms with Crippen LogP contribution >= 0.6 is 0 Å². The molecule has 2 aromatic heterocycles. The summed E-state index contributed by atoms with van der Waals surface area (Å²) in [6.45, 7) is 36.9. The van der Waals surface area contributed by atoms with Gasteiger partial charge in [-0.25, -0.2) is 0 Å². The van der Waals surface area contributed by atoms with Crippen LogP contribution in [-0.4, -0.2) is 9.13 Å². The predicted octanol–water partition coefficient (Wildman–Crippen LogP) is 24.4. The van der Waals surface area contributed by atoms with Gasteiger partial charge in [-0.1, -0.05) is 187 Å². The van der Waals surface area contributed by atoms with E-state index in [4.69, 9.17) is 0 Å². The summed E-state index contributed by atoms with van der Waals surface area (Å²) in [5.41, 5.74) is 23.6. The first-order valence-corrected chi connectivity index (χ1v) is 31.7. The lowest BCUT2D eigenvalue weighted by Crippen LogP contribution is -2.21. The van der Waals surface area contributed by atoms with Crippen molar-refractivity contribution in [2.75, 3.05) is 9.80 Å². The zero-order chi connectivity index (χ0) is 61.7. The molecule has 0 N–H and O–H groups in total. The Labute approximate surface area is 520 Å². The summed E-state index contributed by atoms with van der Waals surface area (Å²) in [4.78, 5) is 5.26. The van der Waals surface area contributed by atoms with E-state index in [1.807, 2.05) is 0 Å². The number of rotatable bonds is 8. The van der Waals surface area contributed by atoms with Crippen molar-refractivity contribution in [3.8, 4) is 22.3 Å². The van der Waals surface area contributed by atoms with Crippen LogP contribution < -0.4 is 9.80 Å². The Bertz CT molecular complexity index is 4770. The molecule has 0 aliphatic heterocycles. The maximum atomic E-state index is 2.63. The molecule has 0 aliphatic rings. The molecule has 0 radical (unpaired) electrons. The summed E-state index contributed by atoms with van der Waals surface area (Å²) in [7, 11) is 0. The highest BCUT2D eigenvalue weighted by Gasteiger charge is 2.32. The van der Waals surface area contributed by atoms with Gasteiger partial charge < -0.3 is 18.9 Å². The lowest BCUT2D eigenvalue weighted by molar-refractivity contribution is 0.423. The van der Waals surface area contributed by atoms with Crippen molar-refractivity contribution in [3.63, 3.8) is 0 Å². The van der Waals surface area contributed by atoms with E-state index in [1.54, 1.807) is 0 Å². The summed E-state index contributed by atoms with van der Waals surface area (Å²) >= 11 is 0. The third-order valence-electron chi connectivity index (χ3n) is 18.8. The van der Waals surface area contributed by atoms with Crippen LogP contribution in [0.4, 0.5) is 34.1 Å². The molecule has 4 nitrogen and oxygen atoms in total. The van der Waals surface area contributed by atoms with Crippen molar-refractivity contribution in [2.24, 2.45) is 0 Å². The molecular formula is C84H82N4. The number of aromatic nitrogens is 2. The highest BCUT2D eigenvalue weighted by molar-refractivity contribution is 6.33. The maximum Gasteiger partial charge on any atom is 0.0562 e. The fourth-order valence-electron chi connectivity index (χ4n) is 14.6. The summed E-state index contributed by atoms with van der Waals surface area (Å²) in [5.74, 6) is 0. The minimum absolute atomic E-state index is 0.0118. The molecule has 438 valence electrons. The maximum absolute atomic E-state index is 2.63. The van der Waals surface area contributed by atoms with Crippen LogP contribution in [0.2, 0.25) is 0 Å².